The molecule has 76 valence electrons. The van der Waals surface area contributed by atoms with E-state index in [0.29, 0.717) is 6.29 Å². The van der Waals surface area contributed by atoms with Crippen LogP contribution in [-0.2, 0) is 6.18 Å². The third kappa shape index (κ3) is 1.82. The lowest BCUT2D eigenvalue weighted by atomic mass is 10.1. The molecular weight excluding hydrogens is 219 g/mol. The molecule has 0 aliphatic heterocycles. The summed E-state index contributed by atoms with van der Waals surface area (Å²) in [5.74, 6) is 0. The van der Waals surface area contributed by atoms with Crippen molar-refractivity contribution in [1.82, 2.24) is 0 Å². The van der Waals surface area contributed by atoms with Crippen LogP contribution in [-0.4, -0.2) is 6.29 Å². The summed E-state index contributed by atoms with van der Waals surface area (Å²) in [6.45, 7) is 0. The molecule has 0 unspecified atom stereocenters. The highest BCUT2D eigenvalue weighted by atomic mass is 35.5. The SMILES string of the molecule is Nc1c(C=O)ccc(C(F)(F)F)c1Cl. The number of alkyl halides is 3. The molecule has 0 radical (unpaired) electrons. The first-order valence-electron chi connectivity index (χ1n) is 3.48. The number of rotatable bonds is 1. The van der Waals surface area contributed by atoms with E-state index < -0.39 is 16.8 Å². The van der Waals surface area contributed by atoms with Gasteiger partial charge in [0.15, 0.2) is 6.29 Å². The van der Waals surface area contributed by atoms with E-state index in [1.807, 2.05) is 0 Å². The monoisotopic (exact) mass is 223 g/mol. The van der Waals surface area contributed by atoms with Gasteiger partial charge in [0, 0.05) is 5.56 Å². The molecular formula is C8H5ClF3NO. The first kappa shape index (κ1) is 10.8. The molecule has 0 amide bonds. The Kier molecular flexibility index (Phi) is 2.71. The van der Waals surface area contributed by atoms with Gasteiger partial charge in [-0.15, -0.1) is 0 Å². The number of nitrogen functional groups attached to an aromatic ring is 1. The normalized spacial score (nSPS) is 11.4. The van der Waals surface area contributed by atoms with Crippen molar-refractivity contribution in [3.8, 4) is 0 Å². The minimum atomic E-state index is -4.56. The predicted molar refractivity (Wildman–Crippen MR) is 46.3 cm³/mol. The van der Waals surface area contributed by atoms with E-state index in [1.54, 1.807) is 0 Å². The van der Waals surface area contributed by atoms with E-state index in [0.717, 1.165) is 12.1 Å². The van der Waals surface area contributed by atoms with Crippen molar-refractivity contribution in [1.29, 1.82) is 0 Å². The summed E-state index contributed by atoms with van der Waals surface area (Å²) >= 11 is 5.36. The van der Waals surface area contributed by atoms with Crippen LogP contribution in [0.1, 0.15) is 15.9 Å². The molecule has 2 N–H and O–H groups in total. The van der Waals surface area contributed by atoms with Crippen LogP contribution < -0.4 is 5.73 Å². The fourth-order valence-corrected chi connectivity index (χ4v) is 1.21. The second-order valence-corrected chi connectivity index (χ2v) is 2.92. The van der Waals surface area contributed by atoms with Crippen molar-refractivity contribution in [2.45, 2.75) is 6.18 Å². The van der Waals surface area contributed by atoms with Gasteiger partial charge in [0.05, 0.1) is 16.3 Å². The summed E-state index contributed by atoms with van der Waals surface area (Å²) in [5.41, 5.74) is 3.78. The Labute approximate surface area is 82.5 Å². The molecule has 0 saturated carbocycles. The fraction of sp³-hybridized carbons (Fsp3) is 0.125. The van der Waals surface area contributed by atoms with Crippen LogP contribution in [0.4, 0.5) is 18.9 Å². The smallest absolute Gasteiger partial charge is 0.397 e. The van der Waals surface area contributed by atoms with Crippen LogP contribution >= 0.6 is 11.6 Å². The lowest BCUT2D eigenvalue weighted by Crippen LogP contribution is -2.08. The van der Waals surface area contributed by atoms with Gasteiger partial charge < -0.3 is 5.73 Å². The second kappa shape index (κ2) is 3.49. The van der Waals surface area contributed by atoms with Crippen molar-refractivity contribution in [3.63, 3.8) is 0 Å². The second-order valence-electron chi connectivity index (χ2n) is 2.55. The maximum Gasteiger partial charge on any atom is 0.417 e. The zero-order valence-electron chi connectivity index (χ0n) is 6.73. The molecule has 0 aliphatic rings. The number of carbonyl (C=O) groups excluding carboxylic acids is 1. The van der Waals surface area contributed by atoms with Gasteiger partial charge in [0.25, 0.3) is 0 Å². The molecule has 0 saturated heterocycles. The Morgan fingerprint density at radius 1 is 1.36 bits per heavy atom. The average molecular weight is 224 g/mol. The van der Waals surface area contributed by atoms with Crippen molar-refractivity contribution >= 4 is 23.6 Å². The average Bonchev–Trinajstić information content (AvgIpc) is 2.07. The van der Waals surface area contributed by atoms with Crippen LogP contribution in [0.3, 0.4) is 0 Å². The molecule has 1 aromatic carbocycles. The quantitative estimate of drug-likeness (QED) is 0.588. The van der Waals surface area contributed by atoms with Crippen LogP contribution in [0.25, 0.3) is 0 Å². The Morgan fingerprint density at radius 2 is 1.93 bits per heavy atom. The largest absolute Gasteiger partial charge is 0.417 e. The molecule has 14 heavy (non-hydrogen) atoms. The number of halogens is 4. The van der Waals surface area contributed by atoms with Crippen LogP contribution in [0, 0.1) is 0 Å². The Morgan fingerprint density at radius 3 is 2.36 bits per heavy atom. The van der Waals surface area contributed by atoms with Crippen LogP contribution in [0.5, 0.6) is 0 Å². The lowest BCUT2D eigenvalue weighted by Gasteiger charge is -2.11. The molecule has 1 rings (SSSR count). The molecule has 2 nitrogen and oxygen atoms in total. The molecule has 0 spiro atoms. The van der Waals surface area contributed by atoms with E-state index in [2.05, 4.69) is 0 Å². The number of nitrogens with two attached hydrogens (primary N) is 1. The minimum absolute atomic E-state index is 0.0528. The van der Waals surface area contributed by atoms with Crippen molar-refractivity contribution < 1.29 is 18.0 Å². The third-order valence-electron chi connectivity index (χ3n) is 1.65. The van der Waals surface area contributed by atoms with Gasteiger partial charge in [-0.3, -0.25) is 4.79 Å². The maximum atomic E-state index is 12.2. The summed E-state index contributed by atoms with van der Waals surface area (Å²) in [6, 6.07) is 1.71. The van der Waals surface area contributed by atoms with Crippen molar-refractivity contribution in [2.24, 2.45) is 0 Å². The fourth-order valence-electron chi connectivity index (χ4n) is 0.930. The highest BCUT2D eigenvalue weighted by molar-refractivity contribution is 6.34. The minimum Gasteiger partial charge on any atom is -0.397 e. The number of benzene rings is 1. The first-order valence-corrected chi connectivity index (χ1v) is 3.86. The zero-order chi connectivity index (χ0) is 10.9. The molecule has 6 heteroatoms. The van der Waals surface area contributed by atoms with Gasteiger partial charge >= 0.3 is 6.18 Å². The Bertz CT molecular complexity index is 376. The van der Waals surface area contributed by atoms with Gasteiger partial charge in [0.1, 0.15) is 0 Å². The molecule has 0 bridgehead atoms. The standard InChI is InChI=1S/C8H5ClF3NO/c9-6-5(8(10,11)12)2-1-4(3-14)7(6)13/h1-3H,13H2. The van der Waals surface area contributed by atoms with E-state index in [-0.39, 0.29) is 11.3 Å². The van der Waals surface area contributed by atoms with E-state index >= 15 is 0 Å². The van der Waals surface area contributed by atoms with E-state index in [9.17, 15) is 18.0 Å². The highest BCUT2D eigenvalue weighted by Gasteiger charge is 2.34. The van der Waals surface area contributed by atoms with Crippen LogP contribution in [0.15, 0.2) is 12.1 Å². The van der Waals surface area contributed by atoms with E-state index in [4.69, 9.17) is 17.3 Å². The van der Waals surface area contributed by atoms with Gasteiger partial charge in [0.2, 0.25) is 0 Å². The number of anilines is 1. The molecule has 0 aromatic heterocycles. The van der Waals surface area contributed by atoms with Gasteiger partial charge in [-0.25, -0.2) is 0 Å². The number of hydrogen-bond donors (Lipinski definition) is 1. The zero-order valence-corrected chi connectivity index (χ0v) is 7.49. The topological polar surface area (TPSA) is 43.1 Å². The van der Waals surface area contributed by atoms with Crippen molar-refractivity contribution in [2.75, 3.05) is 5.73 Å². The predicted octanol–water partition coefficient (Wildman–Crippen LogP) is 2.75. The molecule has 0 atom stereocenters. The van der Waals surface area contributed by atoms with Gasteiger partial charge in [-0.2, -0.15) is 13.2 Å². The Hall–Kier alpha value is -1.23. The van der Waals surface area contributed by atoms with E-state index in [1.165, 1.54) is 0 Å². The molecule has 0 aliphatic carbocycles. The molecule has 0 heterocycles. The number of aldehydes is 1. The summed E-state index contributed by atoms with van der Waals surface area (Å²) in [6.07, 6.45) is -4.21. The van der Waals surface area contributed by atoms with Crippen molar-refractivity contribution in [3.05, 3.63) is 28.3 Å². The third-order valence-corrected chi connectivity index (χ3v) is 2.05. The maximum absolute atomic E-state index is 12.2. The lowest BCUT2D eigenvalue weighted by molar-refractivity contribution is -0.137. The Balaban J connectivity index is 3.38. The first-order chi connectivity index (χ1) is 6.38. The highest BCUT2D eigenvalue weighted by Crippen LogP contribution is 2.38. The number of hydrogen-bond acceptors (Lipinski definition) is 2. The summed E-state index contributed by atoms with van der Waals surface area (Å²) in [7, 11) is 0. The molecule has 1 aromatic rings. The summed E-state index contributed by atoms with van der Waals surface area (Å²) in [5, 5.41) is -0.637. The van der Waals surface area contributed by atoms with Crippen LogP contribution in [0.2, 0.25) is 5.02 Å². The number of carbonyl (C=O) groups is 1. The van der Waals surface area contributed by atoms with Gasteiger partial charge in [-0.05, 0) is 12.1 Å². The summed E-state index contributed by atoms with van der Waals surface area (Å²) < 4.78 is 36.7. The van der Waals surface area contributed by atoms with Gasteiger partial charge in [-0.1, -0.05) is 11.6 Å². The molecule has 0 fully saturated rings. The summed E-state index contributed by atoms with van der Waals surface area (Å²) in [4.78, 5) is 10.3.